The second-order valence-electron chi connectivity index (χ2n) is 6.83. The minimum absolute atomic E-state index is 0.131. The second-order valence-corrected chi connectivity index (χ2v) is 8.52. The van der Waals surface area contributed by atoms with Crippen LogP contribution in [0.1, 0.15) is 30.4 Å². The molecule has 0 heterocycles. The SMILES string of the molecule is Cc1c(CO)cccc1S(=O)(=O)NC1C2C3CCC(C3)C12. The minimum Gasteiger partial charge on any atom is -0.392 e. The lowest BCUT2D eigenvalue weighted by atomic mass is 10.0. The van der Waals surface area contributed by atoms with E-state index in [-0.39, 0.29) is 12.6 Å². The average Bonchev–Trinajstić information content (AvgIpc) is 2.85. The highest BCUT2D eigenvalue weighted by Crippen LogP contribution is 2.65. The van der Waals surface area contributed by atoms with Gasteiger partial charge in [0.15, 0.2) is 0 Å². The highest BCUT2D eigenvalue weighted by atomic mass is 32.2. The number of aliphatic hydroxyl groups is 1. The van der Waals surface area contributed by atoms with Crippen molar-refractivity contribution in [1.82, 2.24) is 4.72 Å². The summed E-state index contributed by atoms with van der Waals surface area (Å²) in [6, 6.07) is 5.24. The fourth-order valence-corrected chi connectivity index (χ4v) is 6.44. The molecule has 3 aliphatic carbocycles. The Kier molecular flexibility index (Phi) is 2.97. The van der Waals surface area contributed by atoms with Crippen LogP contribution < -0.4 is 4.72 Å². The summed E-state index contributed by atoms with van der Waals surface area (Å²) < 4.78 is 28.2. The lowest BCUT2D eigenvalue weighted by molar-refractivity contribution is 0.280. The molecule has 0 radical (unpaired) electrons. The normalized spacial score (nSPS) is 36.8. The van der Waals surface area contributed by atoms with Gasteiger partial charge in [0.25, 0.3) is 0 Å². The number of fused-ring (bicyclic) bond motifs is 5. The molecule has 4 rings (SSSR count). The fourth-order valence-electron chi connectivity index (χ4n) is 4.85. The number of aliphatic hydroxyl groups excluding tert-OH is 1. The molecule has 3 aliphatic rings. The summed E-state index contributed by atoms with van der Waals surface area (Å²) in [5.41, 5.74) is 1.33. The average molecular weight is 307 g/mol. The van der Waals surface area contributed by atoms with Crippen molar-refractivity contribution in [2.24, 2.45) is 23.7 Å². The number of hydrogen-bond acceptors (Lipinski definition) is 3. The summed E-state index contributed by atoms with van der Waals surface area (Å²) in [4.78, 5) is 0.311. The standard InChI is InChI=1S/C16H21NO3S/c1-9-12(8-18)3-2-4-13(9)21(19,20)17-16-14-10-5-6-11(7-10)15(14)16/h2-4,10-11,14-18H,5-8H2,1H3. The molecule has 4 unspecified atom stereocenters. The van der Waals surface area contributed by atoms with Crippen molar-refractivity contribution in [2.75, 3.05) is 0 Å². The Morgan fingerprint density at radius 3 is 2.52 bits per heavy atom. The molecule has 0 aromatic heterocycles. The molecular formula is C16H21NO3S. The van der Waals surface area contributed by atoms with Gasteiger partial charge in [0.05, 0.1) is 11.5 Å². The van der Waals surface area contributed by atoms with Crippen LogP contribution in [0.3, 0.4) is 0 Å². The molecular weight excluding hydrogens is 286 g/mol. The zero-order valence-electron chi connectivity index (χ0n) is 12.1. The summed E-state index contributed by atoms with van der Waals surface area (Å²) in [7, 11) is -3.48. The van der Waals surface area contributed by atoms with Crippen LogP contribution in [0.2, 0.25) is 0 Å². The fraction of sp³-hybridized carbons (Fsp3) is 0.625. The Hall–Kier alpha value is -0.910. The Bertz CT molecular complexity index is 669. The van der Waals surface area contributed by atoms with Gasteiger partial charge < -0.3 is 5.11 Å². The van der Waals surface area contributed by atoms with Gasteiger partial charge in [-0.15, -0.1) is 0 Å². The van der Waals surface area contributed by atoms with Crippen molar-refractivity contribution < 1.29 is 13.5 Å². The number of benzene rings is 1. The van der Waals surface area contributed by atoms with Crippen molar-refractivity contribution in [2.45, 2.75) is 43.7 Å². The molecule has 2 N–H and O–H groups in total. The molecule has 4 nitrogen and oxygen atoms in total. The van der Waals surface area contributed by atoms with E-state index in [0.717, 1.165) is 11.8 Å². The monoisotopic (exact) mass is 307 g/mol. The Morgan fingerprint density at radius 2 is 1.90 bits per heavy atom. The molecule has 0 spiro atoms. The van der Waals surface area contributed by atoms with E-state index in [4.69, 9.17) is 0 Å². The molecule has 114 valence electrons. The van der Waals surface area contributed by atoms with E-state index in [2.05, 4.69) is 4.72 Å². The summed E-state index contributed by atoms with van der Waals surface area (Å²) in [5.74, 6) is 2.66. The predicted octanol–water partition coefficient (Wildman–Crippen LogP) is 1.81. The largest absolute Gasteiger partial charge is 0.392 e. The molecule has 3 fully saturated rings. The van der Waals surface area contributed by atoms with Gasteiger partial charge in [0.1, 0.15) is 0 Å². The highest BCUT2D eigenvalue weighted by molar-refractivity contribution is 7.89. The summed E-state index contributed by atoms with van der Waals surface area (Å²) in [6.45, 7) is 1.63. The lowest BCUT2D eigenvalue weighted by Gasteiger charge is -2.14. The van der Waals surface area contributed by atoms with Gasteiger partial charge in [0, 0.05) is 6.04 Å². The van der Waals surface area contributed by atoms with Crippen LogP contribution in [0.25, 0.3) is 0 Å². The van der Waals surface area contributed by atoms with Crippen molar-refractivity contribution in [3.8, 4) is 0 Å². The first-order chi connectivity index (χ1) is 10.0. The Morgan fingerprint density at radius 1 is 1.24 bits per heavy atom. The number of rotatable bonds is 4. The summed E-state index contributed by atoms with van der Waals surface area (Å²) in [6.07, 6.45) is 3.87. The first kappa shape index (κ1) is 13.7. The zero-order chi connectivity index (χ0) is 14.8. The first-order valence-corrected chi connectivity index (χ1v) is 9.23. The minimum atomic E-state index is -3.48. The van der Waals surface area contributed by atoms with Crippen molar-refractivity contribution in [1.29, 1.82) is 0 Å². The predicted molar refractivity (Wildman–Crippen MR) is 79.0 cm³/mol. The third-order valence-electron chi connectivity index (χ3n) is 5.88. The van der Waals surface area contributed by atoms with Crippen LogP contribution in [0, 0.1) is 30.6 Å². The zero-order valence-corrected chi connectivity index (χ0v) is 12.9. The van der Waals surface area contributed by atoms with Gasteiger partial charge >= 0.3 is 0 Å². The van der Waals surface area contributed by atoms with Gasteiger partial charge in [-0.2, -0.15) is 0 Å². The number of nitrogens with one attached hydrogen (secondary N) is 1. The van der Waals surface area contributed by atoms with Gasteiger partial charge in [-0.05, 0) is 67.1 Å². The topological polar surface area (TPSA) is 66.4 Å². The van der Waals surface area contributed by atoms with Gasteiger partial charge in [-0.1, -0.05) is 12.1 Å². The number of hydrogen-bond donors (Lipinski definition) is 2. The van der Waals surface area contributed by atoms with Gasteiger partial charge in [-0.3, -0.25) is 0 Å². The molecule has 4 atom stereocenters. The van der Waals surface area contributed by atoms with Crippen molar-refractivity contribution in [3.05, 3.63) is 29.3 Å². The molecule has 0 amide bonds. The van der Waals surface area contributed by atoms with E-state index in [1.54, 1.807) is 25.1 Å². The van der Waals surface area contributed by atoms with Crippen LogP contribution in [0.5, 0.6) is 0 Å². The maximum atomic E-state index is 12.6. The smallest absolute Gasteiger partial charge is 0.241 e. The maximum Gasteiger partial charge on any atom is 0.241 e. The van der Waals surface area contributed by atoms with Crippen LogP contribution >= 0.6 is 0 Å². The van der Waals surface area contributed by atoms with E-state index in [1.165, 1.54) is 19.3 Å². The Balaban J connectivity index is 1.58. The second kappa shape index (κ2) is 4.54. The lowest BCUT2D eigenvalue weighted by Crippen LogP contribution is -2.30. The maximum absolute atomic E-state index is 12.6. The van der Waals surface area contributed by atoms with E-state index in [1.807, 2.05) is 0 Å². The van der Waals surface area contributed by atoms with E-state index >= 15 is 0 Å². The highest BCUT2D eigenvalue weighted by Gasteiger charge is 2.65. The molecule has 3 saturated carbocycles. The molecule has 21 heavy (non-hydrogen) atoms. The van der Waals surface area contributed by atoms with E-state index in [0.29, 0.717) is 27.9 Å². The summed E-state index contributed by atoms with van der Waals surface area (Å²) >= 11 is 0. The molecule has 0 aliphatic heterocycles. The third kappa shape index (κ3) is 1.98. The van der Waals surface area contributed by atoms with Crippen molar-refractivity contribution in [3.63, 3.8) is 0 Å². The first-order valence-electron chi connectivity index (χ1n) is 7.74. The van der Waals surface area contributed by atoms with E-state index in [9.17, 15) is 13.5 Å². The van der Waals surface area contributed by atoms with Crippen molar-refractivity contribution >= 4 is 10.0 Å². The molecule has 1 aromatic rings. The summed E-state index contributed by atoms with van der Waals surface area (Å²) in [5, 5.41) is 9.30. The van der Waals surface area contributed by atoms with Gasteiger partial charge in [-0.25, -0.2) is 13.1 Å². The van der Waals surface area contributed by atoms with Crippen LogP contribution in [-0.2, 0) is 16.6 Å². The van der Waals surface area contributed by atoms with Gasteiger partial charge in [0.2, 0.25) is 10.0 Å². The molecule has 0 saturated heterocycles. The Labute approximate surface area is 125 Å². The number of sulfonamides is 1. The van der Waals surface area contributed by atoms with Crippen LogP contribution in [0.15, 0.2) is 23.1 Å². The molecule has 2 bridgehead atoms. The van der Waals surface area contributed by atoms with E-state index < -0.39 is 10.0 Å². The van der Waals surface area contributed by atoms with Crippen LogP contribution in [-0.4, -0.2) is 19.6 Å². The quantitative estimate of drug-likeness (QED) is 0.891. The molecule has 1 aromatic carbocycles. The van der Waals surface area contributed by atoms with Crippen LogP contribution in [0.4, 0.5) is 0 Å². The molecule has 5 heteroatoms. The third-order valence-corrected chi connectivity index (χ3v) is 7.49.